The summed E-state index contributed by atoms with van der Waals surface area (Å²) >= 11 is 3.37. The molecule has 4 rings (SSSR count). The fraction of sp³-hybridized carbons (Fsp3) is 0.474. The van der Waals surface area contributed by atoms with Crippen molar-refractivity contribution in [3.05, 3.63) is 52.0 Å². The van der Waals surface area contributed by atoms with Crippen molar-refractivity contribution in [1.82, 2.24) is 14.7 Å². The van der Waals surface area contributed by atoms with Crippen molar-refractivity contribution in [2.75, 3.05) is 0 Å². The first-order chi connectivity index (χ1) is 12.0. The number of carbonyl (C=O) groups excluding carboxylic acids is 1. The zero-order valence-electron chi connectivity index (χ0n) is 14.2. The summed E-state index contributed by atoms with van der Waals surface area (Å²) in [6.45, 7) is 2.05. The van der Waals surface area contributed by atoms with Crippen molar-refractivity contribution < 1.29 is 9.18 Å². The lowest BCUT2D eigenvalue weighted by molar-refractivity contribution is -0.135. The summed E-state index contributed by atoms with van der Waals surface area (Å²) in [6, 6.07) is 5.49. The van der Waals surface area contributed by atoms with Gasteiger partial charge in [-0.25, -0.2) is 4.39 Å². The maximum atomic E-state index is 13.2. The van der Waals surface area contributed by atoms with Crippen LogP contribution >= 0.6 is 15.9 Å². The number of hydrogen-bond acceptors (Lipinski definition) is 2. The van der Waals surface area contributed by atoms with Gasteiger partial charge in [-0.2, -0.15) is 5.10 Å². The molecule has 0 spiro atoms. The summed E-state index contributed by atoms with van der Waals surface area (Å²) in [6.07, 6.45) is 8.37. The lowest BCUT2D eigenvalue weighted by Gasteiger charge is -2.39. The Bertz CT molecular complexity index is 792. The first-order valence-corrected chi connectivity index (χ1v) is 9.56. The Hall–Kier alpha value is -1.69. The highest BCUT2D eigenvalue weighted by Gasteiger charge is 2.43. The van der Waals surface area contributed by atoms with Gasteiger partial charge in [-0.15, -0.1) is 0 Å². The van der Waals surface area contributed by atoms with Crippen LogP contribution in [0, 0.1) is 12.7 Å². The number of nitrogens with zero attached hydrogens (tertiary/aromatic N) is 3. The minimum Gasteiger partial charge on any atom is -0.336 e. The van der Waals surface area contributed by atoms with Crippen LogP contribution in [-0.2, 0) is 11.2 Å². The molecule has 2 bridgehead atoms. The molecular formula is C19H21BrFN3O. The summed E-state index contributed by atoms with van der Waals surface area (Å²) in [7, 11) is 0. The standard InChI is InChI=1S/C19H21BrFN3O/c1-12-10-22-23(11-12)17-8-15-4-5-16(9-17)24(15)19(25)6-13-2-3-14(21)7-18(13)20/h2-3,7,10-11,15-17H,4-6,8-9H2,1H3. The Labute approximate surface area is 155 Å². The van der Waals surface area contributed by atoms with Crippen LogP contribution in [0.3, 0.4) is 0 Å². The molecule has 1 amide bonds. The molecule has 1 aromatic carbocycles. The third-order valence-corrected chi connectivity index (χ3v) is 6.20. The summed E-state index contributed by atoms with van der Waals surface area (Å²) in [5.41, 5.74) is 2.02. The summed E-state index contributed by atoms with van der Waals surface area (Å²) in [5, 5.41) is 4.47. The summed E-state index contributed by atoms with van der Waals surface area (Å²) in [4.78, 5) is 15.0. The zero-order valence-corrected chi connectivity index (χ0v) is 15.7. The SMILES string of the molecule is Cc1cnn(C2CC3CCC(C2)N3C(=O)Cc2ccc(F)cc2Br)c1. The van der Waals surface area contributed by atoms with Crippen molar-refractivity contribution in [1.29, 1.82) is 0 Å². The van der Waals surface area contributed by atoms with E-state index in [1.807, 2.05) is 6.20 Å². The largest absolute Gasteiger partial charge is 0.336 e. The Kier molecular flexibility index (Phi) is 4.40. The molecule has 1 aromatic heterocycles. The molecule has 2 fully saturated rings. The quantitative estimate of drug-likeness (QED) is 0.772. The molecule has 25 heavy (non-hydrogen) atoms. The Morgan fingerprint density at radius 3 is 2.60 bits per heavy atom. The maximum Gasteiger partial charge on any atom is 0.227 e. The number of halogens is 2. The van der Waals surface area contributed by atoms with Crippen molar-refractivity contribution in [2.24, 2.45) is 0 Å². The lowest BCUT2D eigenvalue weighted by atomic mass is 9.96. The van der Waals surface area contributed by atoms with Crippen molar-refractivity contribution in [2.45, 2.75) is 57.2 Å². The van der Waals surface area contributed by atoms with E-state index in [0.717, 1.165) is 31.2 Å². The molecule has 132 valence electrons. The third kappa shape index (κ3) is 3.24. The van der Waals surface area contributed by atoms with E-state index < -0.39 is 0 Å². The molecule has 2 unspecified atom stereocenters. The number of amides is 1. The smallest absolute Gasteiger partial charge is 0.227 e. The number of aromatic nitrogens is 2. The van der Waals surface area contributed by atoms with Gasteiger partial charge >= 0.3 is 0 Å². The van der Waals surface area contributed by atoms with E-state index in [-0.39, 0.29) is 11.7 Å². The molecular weight excluding hydrogens is 385 g/mol. The fourth-order valence-corrected chi connectivity index (χ4v) is 4.81. The van der Waals surface area contributed by atoms with Gasteiger partial charge in [0.15, 0.2) is 0 Å². The molecule has 3 heterocycles. The van der Waals surface area contributed by atoms with Gasteiger partial charge in [0.25, 0.3) is 0 Å². The predicted molar refractivity (Wildman–Crippen MR) is 96.7 cm³/mol. The normalized spacial score (nSPS) is 25.4. The first-order valence-electron chi connectivity index (χ1n) is 8.77. The summed E-state index contributed by atoms with van der Waals surface area (Å²) in [5.74, 6) is -0.145. The topological polar surface area (TPSA) is 38.1 Å². The highest BCUT2D eigenvalue weighted by Crippen LogP contribution is 2.41. The van der Waals surface area contributed by atoms with E-state index in [9.17, 15) is 9.18 Å². The number of hydrogen-bond donors (Lipinski definition) is 0. The van der Waals surface area contributed by atoms with Gasteiger partial charge < -0.3 is 4.90 Å². The molecule has 2 aromatic rings. The molecule has 2 atom stereocenters. The van der Waals surface area contributed by atoms with Gasteiger partial charge in [-0.05, 0) is 55.9 Å². The van der Waals surface area contributed by atoms with Crippen LogP contribution in [0.15, 0.2) is 35.1 Å². The predicted octanol–water partition coefficient (Wildman–Crippen LogP) is 4.03. The molecule has 2 aliphatic heterocycles. The van der Waals surface area contributed by atoms with Crippen LogP contribution in [0.1, 0.15) is 42.9 Å². The highest BCUT2D eigenvalue weighted by molar-refractivity contribution is 9.10. The third-order valence-electron chi connectivity index (χ3n) is 5.46. The van der Waals surface area contributed by atoms with E-state index in [1.54, 1.807) is 6.07 Å². The van der Waals surface area contributed by atoms with E-state index in [2.05, 4.69) is 43.7 Å². The molecule has 6 heteroatoms. The van der Waals surface area contributed by atoms with Gasteiger partial charge in [0.05, 0.1) is 18.7 Å². The van der Waals surface area contributed by atoms with Crippen molar-refractivity contribution >= 4 is 21.8 Å². The first kappa shape index (κ1) is 16.8. The van der Waals surface area contributed by atoms with Crippen LogP contribution in [0.25, 0.3) is 0 Å². The number of rotatable bonds is 3. The van der Waals surface area contributed by atoms with Gasteiger partial charge in [0.2, 0.25) is 5.91 Å². The van der Waals surface area contributed by atoms with Crippen LogP contribution in [0.5, 0.6) is 0 Å². The lowest BCUT2D eigenvalue weighted by Crippen LogP contribution is -2.47. The molecule has 0 radical (unpaired) electrons. The van der Waals surface area contributed by atoms with Gasteiger partial charge in [-0.1, -0.05) is 22.0 Å². The van der Waals surface area contributed by atoms with E-state index >= 15 is 0 Å². The Balaban J connectivity index is 1.48. The monoisotopic (exact) mass is 405 g/mol. The molecule has 0 aliphatic carbocycles. The van der Waals surface area contributed by atoms with Crippen molar-refractivity contribution in [3.63, 3.8) is 0 Å². The maximum absolute atomic E-state index is 13.2. The molecule has 2 aliphatic rings. The highest BCUT2D eigenvalue weighted by atomic mass is 79.9. The van der Waals surface area contributed by atoms with Crippen LogP contribution < -0.4 is 0 Å². The van der Waals surface area contributed by atoms with Gasteiger partial charge in [0, 0.05) is 22.8 Å². The Morgan fingerprint density at radius 1 is 1.28 bits per heavy atom. The summed E-state index contributed by atoms with van der Waals surface area (Å²) < 4.78 is 16.0. The number of piperidine rings is 1. The second-order valence-corrected chi connectivity index (χ2v) is 8.08. The second kappa shape index (κ2) is 6.56. The van der Waals surface area contributed by atoms with Crippen LogP contribution in [0.2, 0.25) is 0 Å². The number of carbonyl (C=O) groups is 1. The molecule has 2 saturated heterocycles. The Morgan fingerprint density at radius 2 is 2.00 bits per heavy atom. The minimum absolute atomic E-state index is 0.148. The average Bonchev–Trinajstić information content (AvgIpc) is 3.11. The zero-order chi connectivity index (χ0) is 17.6. The molecule has 4 nitrogen and oxygen atoms in total. The van der Waals surface area contributed by atoms with E-state index in [4.69, 9.17) is 0 Å². The number of aryl methyl sites for hydroxylation is 1. The van der Waals surface area contributed by atoms with Crippen LogP contribution in [-0.4, -0.2) is 32.7 Å². The van der Waals surface area contributed by atoms with E-state index in [1.165, 1.54) is 17.7 Å². The van der Waals surface area contributed by atoms with Crippen LogP contribution in [0.4, 0.5) is 4.39 Å². The van der Waals surface area contributed by atoms with Gasteiger partial charge in [-0.3, -0.25) is 9.48 Å². The number of benzene rings is 1. The second-order valence-electron chi connectivity index (χ2n) is 7.22. The minimum atomic E-state index is -0.293. The number of fused-ring (bicyclic) bond motifs is 2. The molecule has 0 saturated carbocycles. The van der Waals surface area contributed by atoms with Crippen molar-refractivity contribution in [3.8, 4) is 0 Å². The molecule has 0 N–H and O–H groups in total. The van der Waals surface area contributed by atoms with Gasteiger partial charge in [0.1, 0.15) is 5.82 Å². The van der Waals surface area contributed by atoms with E-state index in [0.29, 0.717) is 29.0 Å². The average molecular weight is 406 g/mol. The fourth-order valence-electron chi connectivity index (χ4n) is 4.32.